The monoisotopic (exact) mass is 80.1 g/mol. The molecule has 0 bridgehead atoms. The molecule has 0 aliphatic heterocycles. The predicted molar refractivity (Wildman–Crippen MR) is 27.4 cm³/mol. The number of hydrogen-bond acceptors (Lipinski definition) is 0. The maximum atomic E-state index is 3.62. The van der Waals surface area contributed by atoms with E-state index in [1.807, 2.05) is 6.08 Å². The van der Waals surface area contributed by atoms with Crippen LogP contribution in [0.4, 0.5) is 0 Å². The van der Waals surface area contributed by atoms with Crippen LogP contribution in [0.2, 0.25) is 0 Å². The Hall–Kier alpha value is -0.520. The van der Waals surface area contributed by atoms with E-state index in [2.05, 4.69) is 19.6 Å². The van der Waals surface area contributed by atoms with Gasteiger partial charge in [0.2, 0.25) is 0 Å². The first kappa shape index (κ1) is 3.66. The molecule has 1 aliphatic carbocycles. The minimum atomic E-state index is 0.657. The summed E-state index contributed by atoms with van der Waals surface area (Å²) in [6, 6.07) is 0. The summed E-state index contributed by atoms with van der Waals surface area (Å²) in [5.74, 6) is 0.657. The number of rotatable bonds is 1. The van der Waals surface area contributed by atoms with Gasteiger partial charge in [0.05, 0.1) is 0 Å². The molecule has 0 aromatic carbocycles. The number of allylic oxidation sites excluding steroid dienone is 3. The second-order valence-electron chi connectivity index (χ2n) is 1.67. The molecule has 0 amide bonds. The van der Waals surface area contributed by atoms with Gasteiger partial charge in [0.15, 0.2) is 0 Å². The Morgan fingerprint density at radius 3 is 2.50 bits per heavy atom. The van der Waals surface area contributed by atoms with E-state index >= 15 is 0 Å². The summed E-state index contributed by atoms with van der Waals surface area (Å²) >= 11 is 0. The van der Waals surface area contributed by atoms with Crippen LogP contribution in [0.1, 0.15) is 6.92 Å². The van der Waals surface area contributed by atoms with Gasteiger partial charge < -0.3 is 0 Å². The molecule has 0 saturated heterocycles. The molecule has 1 aliphatic rings. The van der Waals surface area contributed by atoms with Gasteiger partial charge in [0, 0.05) is 5.92 Å². The average Bonchev–Trinajstić information content (AvgIpc) is 2.19. The molecule has 1 atom stereocenters. The third-order valence-corrected chi connectivity index (χ3v) is 1.11. The second-order valence-corrected chi connectivity index (χ2v) is 1.67. The largest absolute Gasteiger partial charge is 0.102 e. The van der Waals surface area contributed by atoms with E-state index in [0.29, 0.717) is 5.92 Å². The van der Waals surface area contributed by atoms with Crippen LogP contribution in [0.25, 0.3) is 0 Å². The van der Waals surface area contributed by atoms with E-state index in [0.717, 1.165) is 0 Å². The Labute approximate surface area is 38.2 Å². The Kier molecular flexibility index (Phi) is 0.592. The van der Waals surface area contributed by atoms with Crippen molar-refractivity contribution >= 4 is 0 Å². The minimum Gasteiger partial charge on any atom is -0.102 e. The fourth-order valence-electron chi connectivity index (χ4n) is 0.489. The fourth-order valence-corrected chi connectivity index (χ4v) is 0.489. The molecule has 0 unspecified atom stereocenters. The maximum Gasteiger partial charge on any atom is 0.0155 e. The lowest BCUT2D eigenvalue weighted by Gasteiger charge is -1.74. The Balaban J connectivity index is 2.35. The molecular formula is C6H8. The molecule has 0 radical (unpaired) electrons. The van der Waals surface area contributed by atoms with Gasteiger partial charge in [0.1, 0.15) is 0 Å². The smallest absolute Gasteiger partial charge is 0.0155 e. The topological polar surface area (TPSA) is 0 Å². The van der Waals surface area contributed by atoms with Crippen molar-refractivity contribution in [2.24, 2.45) is 5.92 Å². The van der Waals surface area contributed by atoms with Gasteiger partial charge in [-0.2, -0.15) is 0 Å². The third-order valence-electron chi connectivity index (χ3n) is 1.11. The van der Waals surface area contributed by atoms with Crippen molar-refractivity contribution in [1.82, 2.24) is 0 Å². The molecule has 0 spiro atoms. The van der Waals surface area contributed by atoms with Gasteiger partial charge >= 0.3 is 0 Å². The molecule has 6 heavy (non-hydrogen) atoms. The van der Waals surface area contributed by atoms with Gasteiger partial charge in [0.25, 0.3) is 0 Å². The van der Waals surface area contributed by atoms with Crippen molar-refractivity contribution in [3.63, 3.8) is 0 Å². The van der Waals surface area contributed by atoms with Crippen LogP contribution < -0.4 is 0 Å². The van der Waals surface area contributed by atoms with E-state index in [9.17, 15) is 0 Å². The van der Waals surface area contributed by atoms with Gasteiger partial charge in [-0.25, -0.2) is 0 Å². The van der Waals surface area contributed by atoms with Crippen LogP contribution in [0.3, 0.4) is 0 Å². The molecule has 0 fully saturated rings. The van der Waals surface area contributed by atoms with Crippen LogP contribution in [-0.4, -0.2) is 0 Å². The molecular weight excluding hydrogens is 72.1 g/mol. The van der Waals surface area contributed by atoms with Crippen molar-refractivity contribution < 1.29 is 0 Å². The molecule has 0 aromatic rings. The first-order chi connectivity index (χ1) is 2.84. The van der Waals surface area contributed by atoms with Crippen molar-refractivity contribution in [2.45, 2.75) is 6.92 Å². The molecule has 0 heteroatoms. The number of hydrogen-bond donors (Lipinski definition) is 0. The highest BCUT2D eigenvalue weighted by Crippen LogP contribution is 2.27. The summed E-state index contributed by atoms with van der Waals surface area (Å²) in [5.41, 5.74) is 1.46. The van der Waals surface area contributed by atoms with Crippen molar-refractivity contribution in [2.75, 3.05) is 0 Å². The molecule has 0 heterocycles. The maximum absolute atomic E-state index is 3.62. The quantitative estimate of drug-likeness (QED) is 0.421. The van der Waals surface area contributed by atoms with E-state index in [4.69, 9.17) is 0 Å². The molecule has 32 valence electrons. The van der Waals surface area contributed by atoms with E-state index in [1.54, 1.807) is 0 Å². The van der Waals surface area contributed by atoms with Crippen LogP contribution in [0, 0.1) is 5.92 Å². The summed E-state index contributed by atoms with van der Waals surface area (Å²) in [6.45, 7) is 5.74. The normalized spacial score (nSPS) is 28.8. The van der Waals surface area contributed by atoms with Crippen molar-refractivity contribution in [1.29, 1.82) is 0 Å². The first-order valence-corrected chi connectivity index (χ1v) is 2.15. The zero-order valence-corrected chi connectivity index (χ0v) is 3.94. The summed E-state index contributed by atoms with van der Waals surface area (Å²) in [6.07, 6.45) is 4.14. The minimum absolute atomic E-state index is 0.657. The third kappa shape index (κ3) is 0.383. The second kappa shape index (κ2) is 0.970. The van der Waals surface area contributed by atoms with Gasteiger partial charge in [-0.3, -0.25) is 0 Å². The standard InChI is InChI=1S/C6H8/c1-3-6-4-5(6)2/h3-4,6H,1H2,2H3/t6-/m0/s1. The van der Waals surface area contributed by atoms with Crippen LogP contribution in [0.5, 0.6) is 0 Å². The average molecular weight is 80.1 g/mol. The zero-order chi connectivity index (χ0) is 4.57. The summed E-state index contributed by atoms with van der Waals surface area (Å²) in [4.78, 5) is 0. The highest BCUT2D eigenvalue weighted by molar-refractivity contribution is 5.31. The summed E-state index contributed by atoms with van der Waals surface area (Å²) in [5, 5.41) is 0. The van der Waals surface area contributed by atoms with Gasteiger partial charge in [-0.1, -0.05) is 17.7 Å². The van der Waals surface area contributed by atoms with Crippen LogP contribution in [-0.2, 0) is 0 Å². The first-order valence-electron chi connectivity index (χ1n) is 2.15. The molecule has 0 N–H and O–H groups in total. The van der Waals surface area contributed by atoms with E-state index in [-0.39, 0.29) is 0 Å². The van der Waals surface area contributed by atoms with Crippen LogP contribution >= 0.6 is 0 Å². The summed E-state index contributed by atoms with van der Waals surface area (Å²) in [7, 11) is 0. The van der Waals surface area contributed by atoms with Crippen molar-refractivity contribution in [3.8, 4) is 0 Å². The molecule has 1 rings (SSSR count). The Morgan fingerprint density at radius 2 is 2.50 bits per heavy atom. The SMILES string of the molecule is C=C[C@H]1C=C1C. The Bertz CT molecular complexity index is 98.6. The van der Waals surface area contributed by atoms with Crippen LogP contribution in [0.15, 0.2) is 24.3 Å². The lowest BCUT2D eigenvalue weighted by molar-refractivity contribution is 1.18. The lowest BCUT2D eigenvalue weighted by Crippen LogP contribution is -1.62. The molecule has 0 aromatic heterocycles. The zero-order valence-electron chi connectivity index (χ0n) is 3.94. The van der Waals surface area contributed by atoms with E-state index < -0.39 is 0 Å². The highest BCUT2D eigenvalue weighted by Gasteiger charge is 2.13. The highest BCUT2D eigenvalue weighted by atomic mass is 14.2. The molecule has 0 nitrogen and oxygen atoms in total. The lowest BCUT2D eigenvalue weighted by atomic mass is 10.3. The fraction of sp³-hybridized carbons (Fsp3) is 0.333. The van der Waals surface area contributed by atoms with Crippen molar-refractivity contribution in [3.05, 3.63) is 24.3 Å². The summed E-state index contributed by atoms with van der Waals surface area (Å²) < 4.78 is 0. The predicted octanol–water partition coefficient (Wildman–Crippen LogP) is 1.75. The van der Waals surface area contributed by atoms with Gasteiger partial charge in [-0.15, -0.1) is 6.58 Å². The van der Waals surface area contributed by atoms with E-state index in [1.165, 1.54) is 5.57 Å². The molecule has 0 saturated carbocycles. The Morgan fingerprint density at radius 1 is 2.00 bits per heavy atom. The van der Waals surface area contributed by atoms with Gasteiger partial charge in [-0.05, 0) is 6.92 Å².